The molecule has 1 fully saturated rings. The zero-order chi connectivity index (χ0) is 21.5. The maximum Gasteiger partial charge on any atom is 0.253 e. The van der Waals surface area contributed by atoms with Crippen LogP contribution in [0.3, 0.4) is 0 Å². The van der Waals surface area contributed by atoms with Crippen molar-refractivity contribution in [1.82, 2.24) is 14.8 Å². The van der Waals surface area contributed by atoms with E-state index in [9.17, 15) is 4.79 Å². The molecule has 0 atom stereocenters. The Morgan fingerprint density at radius 3 is 2.26 bits per heavy atom. The summed E-state index contributed by atoms with van der Waals surface area (Å²) in [6, 6.07) is 22.1. The van der Waals surface area contributed by atoms with Crippen molar-refractivity contribution in [2.24, 2.45) is 0 Å². The van der Waals surface area contributed by atoms with E-state index in [2.05, 4.69) is 28.9 Å². The molecule has 31 heavy (non-hydrogen) atoms. The Morgan fingerprint density at radius 2 is 1.61 bits per heavy atom. The fourth-order valence-electron chi connectivity index (χ4n) is 3.76. The summed E-state index contributed by atoms with van der Waals surface area (Å²) < 4.78 is 5.81. The number of nitrogens with zero attached hydrogens (tertiary/aromatic N) is 3. The zero-order valence-corrected chi connectivity index (χ0v) is 18.0. The largest absolute Gasteiger partial charge is 0.487 e. The van der Waals surface area contributed by atoms with Crippen molar-refractivity contribution in [3.8, 4) is 5.75 Å². The summed E-state index contributed by atoms with van der Waals surface area (Å²) in [6.45, 7) is 6.77. The van der Waals surface area contributed by atoms with Crippen molar-refractivity contribution in [2.45, 2.75) is 26.5 Å². The average Bonchev–Trinajstić information content (AvgIpc) is 2.84. The van der Waals surface area contributed by atoms with Gasteiger partial charge in [0, 0.05) is 44.5 Å². The quantitative estimate of drug-likeness (QED) is 0.581. The van der Waals surface area contributed by atoms with Crippen molar-refractivity contribution in [3.05, 3.63) is 95.3 Å². The summed E-state index contributed by atoms with van der Waals surface area (Å²) in [7, 11) is 0. The molecule has 0 unspecified atom stereocenters. The Morgan fingerprint density at radius 1 is 0.903 bits per heavy atom. The number of hydrogen-bond acceptors (Lipinski definition) is 4. The molecule has 1 amide bonds. The molecule has 0 bridgehead atoms. The molecular formula is C26H29N3O2. The summed E-state index contributed by atoms with van der Waals surface area (Å²) in [6.07, 6.45) is 2.77. The number of amides is 1. The Hall–Kier alpha value is -3.18. The minimum absolute atomic E-state index is 0.136. The number of aromatic nitrogens is 1. The molecule has 3 aromatic rings. The summed E-state index contributed by atoms with van der Waals surface area (Å²) in [5, 5.41) is 0. The van der Waals surface area contributed by atoms with E-state index in [1.807, 2.05) is 59.5 Å². The first-order valence-electron chi connectivity index (χ1n) is 10.9. The lowest BCUT2D eigenvalue weighted by molar-refractivity contribution is 0.0628. The molecule has 0 radical (unpaired) electrons. The molecular weight excluding hydrogens is 386 g/mol. The molecule has 0 aliphatic carbocycles. The molecule has 4 rings (SSSR count). The van der Waals surface area contributed by atoms with Gasteiger partial charge in [-0.2, -0.15) is 0 Å². The lowest BCUT2D eigenvalue weighted by atomic mass is 10.1. The van der Waals surface area contributed by atoms with Gasteiger partial charge in [-0.05, 0) is 53.9 Å². The van der Waals surface area contributed by atoms with Crippen molar-refractivity contribution in [1.29, 1.82) is 0 Å². The van der Waals surface area contributed by atoms with Gasteiger partial charge in [0.1, 0.15) is 12.4 Å². The second kappa shape index (κ2) is 10.2. The van der Waals surface area contributed by atoms with Crippen LogP contribution in [0.15, 0.2) is 72.9 Å². The van der Waals surface area contributed by atoms with Gasteiger partial charge < -0.3 is 9.64 Å². The molecule has 1 aliphatic heterocycles. The Bertz CT molecular complexity index is 964. The minimum atomic E-state index is 0.136. The predicted molar refractivity (Wildman–Crippen MR) is 122 cm³/mol. The molecule has 2 aromatic carbocycles. The minimum Gasteiger partial charge on any atom is -0.487 e. The highest BCUT2D eigenvalue weighted by atomic mass is 16.5. The molecule has 0 saturated carbocycles. The normalized spacial score (nSPS) is 14.4. The van der Waals surface area contributed by atoms with Crippen LogP contribution in [0, 0.1) is 0 Å². The lowest BCUT2D eigenvalue weighted by Crippen LogP contribution is -2.48. The van der Waals surface area contributed by atoms with Gasteiger partial charge in [-0.1, -0.05) is 37.3 Å². The Labute approximate surface area is 184 Å². The van der Waals surface area contributed by atoms with Crippen LogP contribution in [-0.4, -0.2) is 46.9 Å². The maximum atomic E-state index is 12.8. The van der Waals surface area contributed by atoms with Crippen LogP contribution in [0.2, 0.25) is 0 Å². The van der Waals surface area contributed by atoms with Crippen LogP contribution in [0.5, 0.6) is 5.75 Å². The molecule has 5 nitrogen and oxygen atoms in total. The third-order valence-corrected chi connectivity index (χ3v) is 5.71. The average molecular weight is 416 g/mol. The van der Waals surface area contributed by atoms with E-state index in [1.54, 1.807) is 6.20 Å². The second-order valence-electron chi connectivity index (χ2n) is 7.87. The fourth-order valence-corrected chi connectivity index (χ4v) is 3.76. The summed E-state index contributed by atoms with van der Waals surface area (Å²) in [5.41, 5.74) is 4.21. The SMILES string of the molecule is CCc1ccc(C(=O)N2CCN(Cc3ccc(OCc4ccccn4)cc3)CC2)cc1. The summed E-state index contributed by atoms with van der Waals surface area (Å²) in [5.74, 6) is 0.982. The molecule has 1 saturated heterocycles. The Kier molecular flexibility index (Phi) is 6.95. The standard InChI is InChI=1S/C26H29N3O2/c1-2-21-6-10-23(11-7-21)26(30)29-17-15-28(16-18-29)19-22-8-12-25(13-9-22)31-20-24-5-3-4-14-27-24/h3-14H,2,15-20H2,1H3. The van der Waals surface area contributed by atoms with Crippen LogP contribution in [0.1, 0.15) is 34.1 Å². The second-order valence-corrected chi connectivity index (χ2v) is 7.87. The molecule has 1 aliphatic rings. The van der Waals surface area contributed by atoms with Crippen LogP contribution in [0.4, 0.5) is 0 Å². The zero-order valence-electron chi connectivity index (χ0n) is 18.0. The predicted octanol–water partition coefficient (Wildman–Crippen LogP) is 4.18. The number of ether oxygens (including phenoxy) is 1. The third-order valence-electron chi connectivity index (χ3n) is 5.71. The highest BCUT2D eigenvalue weighted by Crippen LogP contribution is 2.17. The van der Waals surface area contributed by atoms with E-state index in [0.717, 1.165) is 56.2 Å². The van der Waals surface area contributed by atoms with E-state index in [-0.39, 0.29) is 5.91 Å². The number of piperazine rings is 1. The van der Waals surface area contributed by atoms with Crippen LogP contribution >= 0.6 is 0 Å². The first-order valence-corrected chi connectivity index (χ1v) is 10.9. The topological polar surface area (TPSA) is 45.7 Å². The van der Waals surface area contributed by atoms with Gasteiger partial charge >= 0.3 is 0 Å². The Balaban J connectivity index is 1.24. The van der Waals surface area contributed by atoms with E-state index in [1.165, 1.54) is 11.1 Å². The van der Waals surface area contributed by atoms with Gasteiger partial charge in [0.05, 0.1) is 5.69 Å². The van der Waals surface area contributed by atoms with E-state index in [4.69, 9.17) is 4.74 Å². The summed E-state index contributed by atoms with van der Waals surface area (Å²) in [4.78, 5) is 21.4. The van der Waals surface area contributed by atoms with Crippen molar-refractivity contribution >= 4 is 5.91 Å². The van der Waals surface area contributed by atoms with E-state index < -0.39 is 0 Å². The number of pyridine rings is 1. The van der Waals surface area contributed by atoms with Crippen LogP contribution < -0.4 is 4.74 Å². The van der Waals surface area contributed by atoms with Gasteiger partial charge in [-0.25, -0.2) is 0 Å². The first kappa shape index (κ1) is 21.1. The van der Waals surface area contributed by atoms with Gasteiger partial charge in [-0.15, -0.1) is 0 Å². The third kappa shape index (κ3) is 5.70. The van der Waals surface area contributed by atoms with E-state index in [0.29, 0.717) is 6.61 Å². The smallest absolute Gasteiger partial charge is 0.253 e. The number of carbonyl (C=O) groups excluding carboxylic acids is 1. The molecule has 0 spiro atoms. The van der Waals surface area contributed by atoms with Gasteiger partial charge in [0.2, 0.25) is 0 Å². The highest BCUT2D eigenvalue weighted by Gasteiger charge is 2.22. The molecule has 160 valence electrons. The van der Waals surface area contributed by atoms with Crippen LogP contribution in [-0.2, 0) is 19.6 Å². The van der Waals surface area contributed by atoms with Crippen LogP contribution in [0.25, 0.3) is 0 Å². The molecule has 1 aromatic heterocycles. The van der Waals surface area contributed by atoms with Gasteiger partial charge in [-0.3, -0.25) is 14.7 Å². The molecule has 5 heteroatoms. The van der Waals surface area contributed by atoms with Crippen molar-refractivity contribution < 1.29 is 9.53 Å². The number of rotatable bonds is 7. The molecule has 0 N–H and O–H groups in total. The van der Waals surface area contributed by atoms with Crippen molar-refractivity contribution in [2.75, 3.05) is 26.2 Å². The summed E-state index contributed by atoms with van der Waals surface area (Å²) >= 11 is 0. The first-order chi connectivity index (χ1) is 15.2. The molecule has 2 heterocycles. The fraction of sp³-hybridized carbons (Fsp3) is 0.308. The number of benzene rings is 2. The lowest BCUT2D eigenvalue weighted by Gasteiger charge is -2.34. The van der Waals surface area contributed by atoms with Gasteiger partial charge in [0.15, 0.2) is 0 Å². The maximum absolute atomic E-state index is 12.8. The number of aryl methyl sites for hydroxylation is 1. The van der Waals surface area contributed by atoms with E-state index >= 15 is 0 Å². The van der Waals surface area contributed by atoms with Crippen molar-refractivity contribution in [3.63, 3.8) is 0 Å². The highest BCUT2D eigenvalue weighted by molar-refractivity contribution is 5.94. The monoisotopic (exact) mass is 415 g/mol. The van der Waals surface area contributed by atoms with Gasteiger partial charge in [0.25, 0.3) is 5.91 Å². The number of hydrogen-bond donors (Lipinski definition) is 0. The number of carbonyl (C=O) groups is 1.